The Hall–Kier alpha value is -1.63. The first-order valence-electron chi connectivity index (χ1n) is 9.86. The predicted octanol–water partition coefficient (Wildman–Crippen LogP) is 1.91. The van der Waals surface area contributed by atoms with Gasteiger partial charge in [0.15, 0.2) is 5.96 Å². The molecule has 0 aromatic carbocycles. The van der Waals surface area contributed by atoms with E-state index in [4.69, 9.17) is 4.99 Å². The van der Waals surface area contributed by atoms with Crippen LogP contribution in [-0.4, -0.2) is 64.9 Å². The lowest BCUT2D eigenvalue weighted by Crippen LogP contribution is -2.39. The van der Waals surface area contributed by atoms with Crippen molar-refractivity contribution in [2.75, 3.05) is 39.3 Å². The van der Waals surface area contributed by atoms with Gasteiger partial charge >= 0.3 is 0 Å². The second kappa shape index (κ2) is 13.6. The van der Waals surface area contributed by atoms with Crippen molar-refractivity contribution in [3.05, 3.63) is 12.2 Å². The zero-order valence-corrected chi connectivity index (χ0v) is 16.6. The molecule has 7 nitrogen and oxygen atoms in total. The molecule has 0 saturated heterocycles. The van der Waals surface area contributed by atoms with Crippen LogP contribution in [0.1, 0.15) is 52.8 Å². The van der Waals surface area contributed by atoms with Gasteiger partial charge in [0.25, 0.3) is 0 Å². The Morgan fingerprint density at radius 1 is 1.12 bits per heavy atom. The van der Waals surface area contributed by atoms with Crippen molar-refractivity contribution in [1.29, 1.82) is 0 Å². The van der Waals surface area contributed by atoms with E-state index in [2.05, 4.69) is 58.0 Å². The average Bonchev–Trinajstić information content (AvgIpc) is 3.06. The third-order valence-electron chi connectivity index (χ3n) is 3.98. The summed E-state index contributed by atoms with van der Waals surface area (Å²) < 4.78 is 2.09. The number of hydrogen-bond acceptors (Lipinski definition) is 4. The Bertz CT molecular complexity index is 464. The molecule has 0 aliphatic carbocycles. The largest absolute Gasteiger partial charge is 0.357 e. The molecule has 1 rings (SSSR count). The van der Waals surface area contributed by atoms with Gasteiger partial charge in [0.05, 0.1) is 0 Å². The highest BCUT2D eigenvalue weighted by Crippen LogP contribution is 1.97. The van der Waals surface area contributed by atoms with E-state index in [9.17, 15) is 0 Å². The molecule has 0 radical (unpaired) electrons. The molecule has 0 amide bonds. The van der Waals surface area contributed by atoms with Gasteiger partial charge in [-0.25, -0.2) is 0 Å². The first-order valence-corrected chi connectivity index (χ1v) is 9.86. The second-order valence-electron chi connectivity index (χ2n) is 6.18. The summed E-state index contributed by atoms with van der Waals surface area (Å²) in [6.07, 6.45) is 6.23. The highest BCUT2D eigenvalue weighted by molar-refractivity contribution is 5.79. The lowest BCUT2D eigenvalue weighted by molar-refractivity contribution is 0.273. The predicted molar refractivity (Wildman–Crippen MR) is 105 cm³/mol. The minimum Gasteiger partial charge on any atom is -0.357 e. The van der Waals surface area contributed by atoms with E-state index in [1.54, 1.807) is 6.33 Å². The Kier molecular flexibility index (Phi) is 11.7. The fourth-order valence-electron chi connectivity index (χ4n) is 2.83. The summed E-state index contributed by atoms with van der Waals surface area (Å²) in [7, 11) is 0. The molecule has 0 spiro atoms. The van der Waals surface area contributed by atoms with Gasteiger partial charge in [-0.1, -0.05) is 20.8 Å². The molecule has 25 heavy (non-hydrogen) atoms. The average molecular weight is 352 g/mol. The first kappa shape index (κ1) is 21.4. The first-order chi connectivity index (χ1) is 12.2. The van der Waals surface area contributed by atoms with Crippen molar-refractivity contribution in [1.82, 2.24) is 30.3 Å². The van der Waals surface area contributed by atoms with Gasteiger partial charge < -0.3 is 20.1 Å². The van der Waals surface area contributed by atoms with Gasteiger partial charge in [-0.2, -0.15) is 0 Å². The van der Waals surface area contributed by atoms with Crippen molar-refractivity contribution >= 4 is 5.96 Å². The number of hydrogen-bond donors (Lipinski definition) is 2. The van der Waals surface area contributed by atoms with Crippen molar-refractivity contribution in [2.45, 2.75) is 59.9 Å². The maximum atomic E-state index is 4.69. The molecular formula is C18H37N7. The maximum absolute atomic E-state index is 4.69. The lowest BCUT2D eigenvalue weighted by atomic mass is 10.3. The highest BCUT2D eigenvalue weighted by atomic mass is 15.3. The molecular weight excluding hydrogens is 314 g/mol. The van der Waals surface area contributed by atoms with Gasteiger partial charge in [-0.15, -0.1) is 10.2 Å². The van der Waals surface area contributed by atoms with Gasteiger partial charge in [-0.3, -0.25) is 4.99 Å². The second-order valence-corrected chi connectivity index (χ2v) is 6.18. The maximum Gasteiger partial charge on any atom is 0.191 e. The minimum atomic E-state index is 0.814. The van der Waals surface area contributed by atoms with Gasteiger partial charge in [0.2, 0.25) is 0 Å². The van der Waals surface area contributed by atoms with E-state index in [1.807, 2.05) is 0 Å². The van der Waals surface area contributed by atoms with E-state index >= 15 is 0 Å². The molecule has 1 aromatic rings. The molecule has 144 valence electrons. The van der Waals surface area contributed by atoms with Crippen LogP contribution >= 0.6 is 0 Å². The SMILES string of the molecule is CCCN(CCC)CCCN=C(NCC)NCCn1cnnc1CC. The van der Waals surface area contributed by atoms with Crippen molar-refractivity contribution in [2.24, 2.45) is 4.99 Å². The van der Waals surface area contributed by atoms with E-state index in [0.717, 1.165) is 57.3 Å². The topological polar surface area (TPSA) is 70.4 Å². The highest BCUT2D eigenvalue weighted by Gasteiger charge is 2.03. The summed E-state index contributed by atoms with van der Waals surface area (Å²) in [4.78, 5) is 7.23. The third-order valence-corrected chi connectivity index (χ3v) is 3.98. The Labute approximate surface area is 153 Å². The fraction of sp³-hybridized carbons (Fsp3) is 0.833. The quantitative estimate of drug-likeness (QED) is 0.323. The number of nitrogens with zero attached hydrogens (tertiary/aromatic N) is 5. The number of nitrogens with one attached hydrogen (secondary N) is 2. The molecule has 1 aromatic heterocycles. The van der Waals surface area contributed by atoms with Crippen LogP contribution in [0.25, 0.3) is 0 Å². The fourth-order valence-corrected chi connectivity index (χ4v) is 2.83. The smallest absolute Gasteiger partial charge is 0.191 e. The summed E-state index contributed by atoms with van der Waals surface area (Å²) in [5.74, 6) is 1.92. The molecule has 0 unspecified atom stereocenters. The molecule has 0 fully saturated rings. The zero-order chi connectivity index (χ0) is 18.3. The number of aromatic nitrogens is 3. The number of aryl methyl sites for hydroxylation is 1. The molecule has 0 atom stereocenters. The van der Waals surface area contributed by atoms with Gasteiger partial charge in [0, 0.05) is 32.6 Å². The Morgan fingerprint density at radius 2 is 1.88 bits per heavy atom. The Balaban J connectivity index is 2.35. The number of aliphatic imine (C=N–C) groups is 1. The van der Waals surface area contributed by atoms with Crippen LogP contribution in [0.5, 0.6) is 0 Å². The molecule has 0 bridgehead atoms. The van der Waals surface area contributed by atoms with Crippen LogP contribution in [0, 0.1) is 0 Å². The van der Waals surface area contributed by atoms with E-state index in [-0.39, 0.29) is 0 Å². The minimum absolute atomic E-state index is 0.814. The van der Waals surface area contributed by atoms with E-state index in [1.165, 1.54) is 25.9 Å². The standard InChI is InChI=1S/C18H37N7/c1-5-12-24(13-6-2)14-9-10-20-18(19-8-4)21-11-15-25-16-22-23-17(25)7-3/h16H,5-15H2,1-4H3,(H2,19,20,21). The number of rotatable bonds is 13. The Morgan fingerprint density at radius 3 is 2.52 bits per heavy atom. The molecule has 7 heteroatoms. The van der Waals surface area contributed by atoms with E-state index < -0.39 is 0 Å². The zero-order valence-electron chi connectivity index (χ0n) is 16.6. The molecule has 0 aliphatic rings. The molecule has 2 N–H and O–H groups in total. The normalized spacial score (nSPS) is 12.0. The van der Waals surface area contributed by atoms with Crippen LogP contribution in [-0.2, 0) is 13.0 Å². The van der Waals surface area contributed by atoms with E-state index in [0.29, 0.717) is 0 Å². The van der Waals surface area contributed by atoms with Gasteiger partial charge in [-0.05, 0) is 45.8 Å². The lowest BCUT2D eigenvalue weighted by Gasteiger charge is -2.20. The molecule has 0 aliphatic heterocycles. The van der Waals surface area contributed by atoms with Crippen LogP contribution in [0.2, 0.25) is 0 Å². The summed E-state index contributed by atoms with van der Waals surface area (Å²) in [5.41, 5.74) is 0. The van der Waals surface area contributed by atoms with Crippen LogP contribution in [0.3, 0.4) is 0 Å². The summed E-state index contributed by atoms with van der Waals surface area (Å²) in [5, 5.41) is 14.8. The van der Waals surface area contributed by atoms with Crippen LogP contribution in [0.15, 0.2) is 11.3 Å². The van der Waals surface area contributed by atoms with Gasteiger partial charge in [0.1, 0.15) is 12.2 Å². The van der Waals surface area contributed by atoms with Crippen molar-refractivity contribution in [3.8, 4) is 0 Å². The van der Waals surface area contributed by atoms with Crippen molar-refractivity contribution in [3.63, 3.8) is 0 Å². The molecule has 1 heterocycles. The summed E-state index contributed by atoms with van der Waals surface area (Å²) in [6, 6.07) is 0. The monoisotopic (exact) mass is 351 g/mol. The van der Waals surface area contributed by atoms with Crippen LogP contribution < -0.4 is 10.6 Å². The van der Waals surface area contributed by atoms with Crippen molar-refractivity contribution < 1.29 is 0 Å². The molecule has 0 saturated carbocycles. The summed E-state index contributed by atoms with van der Waals surface area (Å²) >= 11 is 0. The summed E-state index contributed by atoms with van der Waals surface area (Å²) in [6.45, 7) is 15.6. The number of guanidine groups is 1. The van der Waals surface area contributed by atoms with Crippen LogP contribution in [0.4, 0.5) is 0 Å². The third kappa shape index (κ3) is 8.86.